The lowest BCUT2D eigenvalue weighted by Crippen LogP contribution is -2.19. The fourth-order valence-electron chi connectivity index (χ4n) is 1.23. The number of esters is 1. The van der Waals surface area contributed by atoms with Gasteiger partial charge in [0.15, 0.2) is 0 Å². The first-order valence-electron chi connectivity index (χ1n) is 4.52. The molecule has 5 nitrogen and oxygen atoms in total. The molecule has 1 rings (SSSR count). The summed E-state index contributed by atoms with van der Waals surface area (Å²) in [5, 5.41) is 0. The van der Waals surface area contributed by atoms with Gasteiger partial charge in [-0.2, -0.15) is 0 Å². The molecule has 0 unspecified atom stereocenters. The molecule has 0 bridgehead atoms. The Labute approximate surface area is 82.9 Å². The predicted octanol–water partition coefficient (Wildman–Crippen LogP) is 0.373. The second kappa shape index (κ2) is 4.76. The number of carbonyl (C=O) groups is 1. The van der Waals surface area contributed by atoms with Gasteiger partial charge in [0.05, 0.1) is 31.1 Å². The lowest BCUT2D eigenvalue weighted by atomic mass is 10.1. The van der Waals surface area contributed by atoms with Gasteiger partial charge >= 0.3 is 5.97 Å². The fourth-order valence-corrected chi connectivity index (χ4v) is 1.23. The molecule has 0 fully saturated rings. The second-order valence-electron chi connectivity index (χ2n) is 3.05. The van der Waals surface area contributed by atoms with Gasteiger partial charge in [-0.3, -0.25) is 4.79 Å². The highest BCUT2D eigenvalue weighted by Gasteiger charge is 2.14. The van der Waals surface area contributed by atoms with E-state index in [1.54, 1.807) is 24.0 Å². The maximum absolute atomic E-state index is 11.1. The van der Waals surface area contributed by atoms with Crippen LogP contribution < -0.4 is 5.73 Å². The van der Waals surface area contributed by atoms with E-state index < -0.39 is 0 Å². The number of carbonyl (C=O) groups excluding carboxylic acids is 1. The molecular weight excluding hydrogens is 182 g/mol. The minimum atomic E-state index is -0.346. The molecular formula is C9H15N3O2. The molecule has 2 N–H and O–H groups in total. The van der Waals surface area contributed by atoms with Crippen LogP contribution in [0.1, 0.15) is 25.1 Å². The van der Waals surface area contributed by atoms with Crippen molar-refractivity contribution in [2.45, 2.75) is 19.4 Å². The standard InChI is InChI=1S/C9H15N3O2/c1-3-14-9(13)4-7(10)8-5-11-6-12(8)2/h5-7H,3-4,10H2,1-2H3/t7-/m0/s1. The van der Waals surface area contributed by atoms with E-state index in [-0.39, 0.29) is 18.4 Å². The van der Waals surface area contributed by atoms with Crippen molar-refractivity contribution in [1.82, 2.24) is 9.55 Å². The zero-order valence-electron chi connectivity index (χ0n) is 8.43. The first kappa shape index (κ1) is 10.7. The smallest absolute Gasteiger partial charge is 0.307 e. The Kier molecular flexibility index (Phi) is 3.64. The van der Waals surface area contributed by atoms with E-state index in [0.29, 0.717) is 6.61 Å². The average molecular weight is 197 g/mol. The van der Waals surface area contributed by atoms with Crippen LogP contribution in [0.3, 0.4) is 0 Å². The van der Waals surface area contributed by atoms with Crippen LogP contribution in [0.5, 0.6) is 0 Å². The quantitative estimate of drug-likeness (QED) is 0.708. The highest BCUT2D eigenvalue weighted by atomic mass is 16.5. The summed E-state index contributed by atoms with van der Waals surface area (Å²) in [6.07, 6.45) is 3.50. The molecule has 1 aromatic heterocycles. The molecule has 1 atom stereocenters. The van der Waals surface area contributed by atoms with E-state index in [1.807, 2.05) is 7.05 Å². The van der Waals surface area contributed by atoms with Crippen LogP contribution in [-0.4, -0.2) is 22.1 Å². The van der Waals surface area contributed by atoms with Crippen molar-refractivity contribution in [2.75, 3.05) is 6.61 Å². The van der Waals surface area contributed by atoms with Crippen molar-refractivity contribution in [3.8, 4) is 0 Å². The summed E-state index contributed by atoms with van der Waals surface area (Å²) < 4.78 is 6.60. The van der Waals surface area contributed by atoms with E-state index in [2.05, 4.69) is 4.98 Å². The van der Waals surface area contributed by atoms with Gasteiger partial charge in [0, 0.05) is 13.2 Å². The van der Waals surface area contributed by atoms with Gasteiger partial charge in [-0.25, -0.2) is 4.98 Å². The largest absolute Gasteiger partial charge is 0.466 e. The normalized spacial score (nSPS) is 12.5. The number of nitrogens with two attached hydrogens (primary N) is 1. The number of aryl methyl sites for hydroxylation is 1. The molecule has 1 heterocycles. The first-order valence-corrected chi connectivity index (χ1v) is 4.52. The molecule has 0 amide bonds. The van der Waals surface area contributed by atoms with Gasteiger partial charge in [0.25, 0.3) is 0 Å². The zero-order valence-corrected chi connectivity index (χ0v) is 8.43. The number of hydrogen-bond donors (Lipinski definition) is 1. The molecule has 5 heteroatoms. The van der Waals surface area contributed by atoms with Gasteiger partial charge < -0.3 is 15.0 Å². The molecule has 0 aliphatic heterocycles. The Hall–Kier alpha value is -1.36. The summed E-state index contributed by atoms with van der Waals surface area (Å²) in [7, 11) is 1.84. The minimum absolute atomic E-state index is 0.188. The molecule has 0 radical (unpaired) electrons. The lowest BCUT2D eigenvalue weighted by molar-refractivity contribution is -0.143. The summed E-state index contributed by atoms with van der Waals surface area (Å²) in [5.41, 5.74) is 6.64. The molecule has 1 aromatic rings. The first-order chi connectivity index (χ1) is 6.65. The summed E-state index contributed by atoms with van der Waals surface area (Å²) in [6, 6.07) is -0.346. The number of aromatic nitrogens is 2. The van der Waals surface area contributed by atoms with Crippen LogP contribution in [-0.2, 0) is 16.6 Å². The van der Waals surface area contributed by atoms with E-state index in [0.717, 1.165) is 5.69 Å². The molecule has 0 spiro atoms. The molecule has 0 aromatic carbocycles. The topological polar surface area (TPSA) is 70.1 Å². The fraction of sp³-hybridized carbons (Fsp3) is 0.556. The Balaban J connectivity index is 2.54. The monoisotopic (exact) mass is 197 g/mol. The number of hydrogen-bond acceptors (Lipinski definition) is 4. The number of ether oxygens (including phenoxy) is 1. The van der Waals surface area contributed by atoms with E-state index in [4.69, 9.17) is 10.5 Å². The molecule has 14 heavy (non-hydrogen) atoms. The Morgan fingerprint density at radius 2 is 2.50 bits per heavy atom. The molecule has 0 saturated heterocycles. The Bertz CT molecular complexity index is 309. The third kappa shape index (κ3) is 2.56. The van der Waals surface area contributed by atoms with Crippen LogP contribution in [0.2, 0.25) is 0 Å². The lowest BCUT2D eigenvalue weighted by Gasteiger charge is -2.10. The number of rotatable bonds is 4. The highest BCUT2D eigenvalue weighted by molar-refractivity contribution is 5.70. The second-order valence-corrected chi connectivity index (χ2v) is 3.05. The summed E-state index contributed by atoms with van der Waals surface area (Å²) in [6.45, 7) is 2.16. The summed E-state index contributed by atoms with van der Waals surface area (Å²) >= 11 is 0. The Morgan fingerprint density at radius 3 is 3.00 bits per heavy atom. The van der Waals surface area contributed by atoms with Crippen LogP contribution >= 0.6 is 0 Å². The zero-order chi connectivity index (χ0) is 10.6. The van der Waals surface area contributed by atoms with Crippen molar-refractivity contribution in [1.29, 1.82) is 0 Å². The van der Waals surface area contributed by atoms with Crippen molar-refractivity contribution in [3.63, 3.8) is 0 Å². The third-order valence-corrected chi connectivity index (χ3v) is 1.93. The van der Waals surface area contributed by atoms with Crippen molar-refractivity contribution in [3.05, 3.63) is 18.2 Å². The number of imidazole rings is 1. The maximum atomic E-state index is 11.1. The van der Waals surface area contributed by atoms with Crippen LogP contribution in [0.4, 0.5) is 0 Å². The Morgan fingerprint density at radius 1 is 1.79 bits per heavy atom. The third-order valence-electron chi connectivity index (χ3n) is 1.93. The summed E-state index contributed by atoms with van der Waals surface area (Å²) in [4.78, 5) is 15.1. The SMILES string of the molecule is CCOC(=O)C[C@H](N)c1cncn1C. The van der Waals surface area contributed by atoms with Crippen LogP contribution in [0.25, 0.3) is 0 Å². The van der Waals surface area contributed by atoms with Crippen molar-refractivity contribution in [2.24, 2.45) is 12.8 Å². The van der Waals surface area contributed by atoms with Gasteiger partial charge in [-0.1, -0.05) is 0 Å². The molecule has 78 valence electrons. The molecule has 0 saturated carbocycles. The number of nitrogens with zero attached hydrogens (tertiary/aromatic N) is 2. The maximum Gasteiger partial charge on any atom is 0.307 e. The van der Waals surface area contributed by atoms with Crippen molar-refractivity contribution < 1.29 is 9.53 Å². The van der Waals surface area contributed by atoms with E-state index in [9.17, 15) is 4.79 Å². The average Bonchev–Trinajstić information content (AvgIpc) is 2.51. The van der Waals surface area contributed by atoms with E-state index in [1.165, 1.54) is 0 Å². The van der Waals surface area contributed by atoms with Gasteiger partial charge in [-0.15, -0.1) is 0 Å². The van der Waals surface area contributed by atoms with E-state index >= 15 is 0 Å². The van der Waals surface area contributed by atoms with Gasteiger partial charge in [0.1, 0.15) is 0 Å². The molecule has 0 aliphatic carbocycles. The van der Waals surface area contributed by atoms with Crippen LogP contribution in [0, 0.1) is 0 Å². The predicted molar refractivity (Wildman–Crippen MR) is 51.4 cm³/mol. The van der Waals surface area contributed by atoms with Gasteiger partial charge in [-0.05, 0) is 6.92 Å². The summed E-state index contributed by atoms with van der Waals surface area (Å²) in [5.74, 6) is -0.277. The van der Waals surface area contributed by atoms with Crippen LogP contribution in [0.15, 0.2) is 12.5 Å². The van der Waals surface area contributed by atoms with Gasteiger partial charge in [0.2, 0.25) is 0 Å². The minimum Gasteiger partial charge on any atom is -0.466 e. The molecule has 0 aliphatic rings. The highest BCUT2D eigenvalue weighted by Crippen LogP contribution is 2.12. The van der Waals surface area contributed by atoms with Crippen molar-refractivity contribution >= 4 is 5.97 Å².